The quantitative estimate of drug-likeness (QED) is 0.768. The van der Waals surface area contributed by atoms with Crippen molar-refractivity contribution in [3.63, 3.8) is 0 Å². The van der Waals surface area contributed by atoms with Crippen molar-refractivity contribution in [2.24, 2.45) is 0 Å². The largest absolute Gasteiger partial charge is 0.377 e. The Morgan fingerprint density at radius 3 is 2.52 bits per heavy atom. The molecule has 2 N–H and O–H groups in total. The summed E-state index contributed by atoms with van der Waals surface area (Å²) in [6.07, 6.45) is 0. The van der Waals surface area contributed by atoms with Crippen LogP contribution < -0.4 is 10.0 Å². The summed E-state index contributed by atoms with van der Waals surface area (Å²) in [5.74, 6) is 0. The number of methoxy groups -OCH3 is 1. The molecule has 1 rings (SSSR count). The van der Waals surface area contributed by atoms with Gasteiger partial charge < -0.3 is 10.1 Å². The molecular formula is C15H26N2O3S. The van der Waals surface area contributed by atoms with Crippen LogP contribution in [0.25, 0.3) is 0 Å². The number of ether oxygens (including phenoxy) is 1. The topological polar surface area (TPSA) is 67.4 Å². The van der Waals surface area contributed by atoms with Crippen molar-refractivity contribution < 1.29 is 13.2 Å². The maximum absolute atomic E-state index is 12.5. The van der Waals surface area contributed by atoms with Gasteiger partial charge in [0.2, 0.25) is 10.0 Å². The molecule has 0 spiro atoms. The number of rotatable bonds is 8. The van der Waals surface area contributed by atoms with Crippen LogP contribution in [-0.2, 0) is 21.3 Å². The van der Waals surface area contributed by atoms with Crippen molar-refractivity contribution in [3.8, 4) is 0 Å². The van der Waals surface area contributed by atoms with Crippen LogP contribution in [0.15, 0.2) is 23.1 Å². The number of benzene rings is 1. The number of sulfonamides is 1. The number of hydrogen-bond donors (Lipinski definition) is 2. The van der Waals surface area contributed by atoms with Gasteiger partial charge in [-0.2, -0.15) is 0 Å². The highest BCUT2D eigenvalue weighted by Gasteiger charge is 2.23. The van der Waals surface area contributed by atoms with E-state index in [0.717, 1.165) is 17.7 Å². The normalized spacial score (nSPS) is 12.6. The molecule has 0 radical (unpaired) electrons. The van der Waals surface area contributed by atoms with Gasteiger partial charge >= 0.3 is 0 Å². The van der Waals surface area contributed by atoms with E-state index in [4.69, 9.17) is 4.74 Å². The molecule has 5 nitrogen and oxygen atoms in total. The molecular weight excluding hydrogens is 288 g/mol. The molecule has 0 saturated heterocycles. The molecule has 0 atom stereocenters. The third kappa shape index (κ3) is 5.07. The average Bonchev–Trinajstić information content (AvgIpc) is 2.44. The lowest BCUT2D eigenvalue weighted by molar-refractivity contribution is 0.0276. The van der Waals surface area contributed by atoms with E-state index in [-0.39, 0.29) is 6.54 Å². The van der Waals surface area contributed by atoms with Gasteiger partial charge in [0.25, 0.3) is 0 Å². The zero-order valence-electron chi connectivity index (χ0n) is 13.5. The fourth-order valence-corrected chi connectivity index (χ4v) is 3.31. The molecule has 0 amide bonds. The predicted octanol–water partition coefficient (Wildman–Crippen LogP) is 1.81. The minimum atomic E-state index is -3.54. The lowest BCUT2D eigenvalue weighted by Gasteiger charge is -2.23. The second-order valence-corrected chi connectivity index (χ2v) is 7.34. The zero-order chi connectivity index (χ0) is 16.1. The average molecular weight is 314 g/mol. The number of nitrogens with one attached hydrogen (secondary N) is 2. The van der Waals surface area contributed by atoms with Crippen molar-refractivity contribution in [1.82, 2.24) is 10.0 Å². The maximum Gasteiger partial charge on any atom is 0.240 e. The summed E-state index contributed by atoms with van der Waals surface area (Å²) in [6, 6.07) is 5.35. The summed E-state index contributed by atoms with van der Waals surface area (Å²) in [5, 5.41) is 3.21. The lowest BCUT2D eigenvalue weighted by atomic mass is 10.1. The fraction of sp³-hybridized carbons (Fsp3) is 0.600. The van der Waals surface area contributed by atoms with Gasteiger partial charge in [-0.1, -0.05) is 19.1 Å². The van der Waals surface area contributed by atoms with E-state index in [0.29, 0.717) is 11.4 Å². The second-order valence-electron chi connectivity index (χ2n) is 5.61. The molecule has 0 aliphatic heterocycles. The molecule has 21 heavy (non-hydrogen) atoms. The molecule has 6 heteroatoms. The van der Waals surface area contributed by atoms with Gasteiger partial charge in [-0.25, -0.2) is 13.1 Å². The van der Waals surface area contributed by atoms with E-state index in [1.165, 1.54) is 0 Å². The molecule has 120 valence electrons. The summed E-state index contributed by atoms with van der Waals surface area (Å²) < 4.78 is 32.8. The Balaban J connectivity index is 2.98. The van der Waals surface area contributed by atoms with Gasteiger partial charge in [-0.05, 0) is 44.5 Å². The Bertz CT molecular complexity index is 568. The SMILES string of the molecule is CCNCc1cccc(S(=O)(=O)NCC(C)(C)OC)c1C. The molecule has 0 heterocycles. The summed E-state index contributed by atoms with van der Waals surface area (Å²) in [4.78, 5) is 0.324. The van der Waals surface area contributed by atoms with Crippen LogP contribution in [0, 0.1) is 6.92 Å². The van der Waals surface area contributed by atoms with Crippen molar-refractivity contribution in [2.45, 2.75) is 44.7 Å². The Kier molecular flexibility index (Phi) is 6.34. The van der Waals surface area contributed by atoms with Gasteiger partial charge in [0.05, 0.1) is 10.5 Å². The highest BCUT2D eigenvalue weighted by Crippen LogP contribution is 2.19. The van der Waals surface area contributed by atoms with E-state index >= 15 is 0 Å². The van der Waals surface area contributed by atoms with Gasteiger partial charge in [-0.3, -0.25) is 0 Å². The van der Waals surface area contributed by atoms with Gasteiger partial charge in [0.15, 0.2) is 0 Å². The molecule has 0 aromatic heterocycles. The van der Waals surface area contributed by atoms with Crippen molar-refractivity contribution >= 4 is 10.0 Å². The Labute approximate surface area is 128 Å². The number of hydrogen-bond acceptors (Lipinski definition) is 4. The van der Waals surface area contributed by atoms with Gasteiger partial charge in [0, 0.05) is 20.2 Å². The summed E-state index contributed by atoms with van der Waals surface area (Å²) in [6.45, 7) is 9.26. The third-order valence-corrected chi connectivity index (χ3v) is 5.04. The smallest absolute Gasteiger partial charge is 0.240 e. The van der Waals surface area contributed by atoms with Crippen molar-refractivity contribution in [1.29, 1.82) is 0 Å². The first-order valence-electron chi connectivity index (χ1n) is 7.07. The second kappa shape index (κ2) is 7.35. The van der Waals surface area contributed by atoms with E-state index < -0.39 is 15.6 Å². The highest BCUT2D eigenvalue weighted by molar-refractivity contribution is 7.89. The molecule has 0 aliphatic carbocycles. The minimum absolute atomic E-state index is 0.225. The van der Waals surface area contributed by atoms with E-state index in [1.807, 2.05) is 33.8 Å². The van der Waals surface area contributed by atoms with Crippen LogP contribution in [-0.4, -0.2) is 34.2 Å². The van der Waals surface area contributed by atoms with Crippen LogP contribution in [0.4, 0.5) is 0 Å². The van der Waals surface area contributed by atoms with Crippen LogP contribution in [0.5, 0.6) is 0 Å². The third-order valence-electron chi connectivity index (χ3n) is 3.49. The summed E-state index contributed by atoms with van der Waals surface area (Å²) in [7, 11) is -1.97. The molecule has 0 aliphatic rings. The standard InChI is InChI=1S/C15H26N2O3S/c1-6-16-10-13-8-7-9-14(12(13)2)21(18,19)17-11-15(3,4)20-5/h7-9,16-17H,6,10-11H2,1-5H3. The molecule has 0 unspecified atom stereocenters. The molecule has 0 saturated carbocycles. The Morgan fingerprint density at radius 2 is 1.95 bits per heavy atom. The first kappa shape index (κ1) is 18.1. The minimum Gasteiger partial charge on any atom is -0.377 e. The summed E-state index contributed by atoms with van der Waals surface area (Å²) in [5.41, 5.74) is 1.23. The fourth-order valence-electron chi connectivity index (χ4n) is 1.82. The Hall–Kier alpha value is -0.950. The summed E-state index contributed by atoms with van der Waals surface area (Å²) >= 11 is 0. The molecule has 1 aromatic carbocycles. The first-order chi connectivity index (χ1) is 9.73. The van der Waals surface area contributed by atoms with E-state index in [9.17, 15) is 8.42 Å². The highest BCUT2D eigenvalue weighted by atomic mass is 32.2. The molecule has 1 aromatic rings. The van der Waals surface area contributed by atoms with Gasteiger partial charge in [-0.15, -0.1) is 0 Å². The first-order valence-corrected chi connectivity index (χ1v) is 8.56. The lowest BCUT2D eigenvalue weighted by Crippen LogP contribution is -2.39. The predicted molar refractivity (Wildman–Crippen MR) is 84.8 cm³/mol. The van der Waals surface area contributed by atoms with Crippen LogP contribution in [0.2, 0.25) is 0 Å². The maximum atomic E-state index is 12.5. The molecule has 0 fully saturated rings. The Morgan fingerprint density at radius 1 is 1.29 bits per heavy atom. The van der Waals surface area contributed by atoms with Crippen LogP contribution in [0.3, 0.4) is 0 Å². The van der Waals surface area contributed by atoms with Crippen molar-refractivity contribution in [2.75, 3.05) is 20.2 Å². The van der Waals surface area contributed by atoms with Crippen LogP contribution in [0.1, 0.15) is 31.9 Å². The van der Waals surface area contributed by atoms with Gasteiger partial charge in [0.1, 0.15) is 0 Å². The monoisotopic (exact) mass is 314 g/mol. The van der Waals surface area contributed by atoms with Crippen LogP contribution >= 0.6 is 0 Å². The zero-order valence-corrected chi connectivity index (χ0v) is 14.3. The van der Waals surface area contributed by atoms with E-state index in [2.05, 4.69) is 10.0 Å². The molecule has 0 bridgehead atoms. The van der Waals surface area contributed by atoms with Crippen molar-refractivity contribution in [3.05, 3.63) is 29.3 Å². The van der Waals surface area contributed by atoms with E-state index in [1.54, 1.807) is 19.2 Å².